The predicted octanol–water partition coefficient (Wildman–Crippen LogP) is 3.63. The lowest BCUT2D eigenvalue weighted by Gasteiger charge is -2.30. The number of morpholine rings is 1. The Kier molecular flexibility index (Phi) is 9.30. The third-order valence-corrected chi connectivity index (χ3v) is 8.04. The third kappa shape index (κ3) is 7.27. The molecule has 0 bridgehead atoms. The number of aromatic nitrogens is 2. The molecule has 3 aromatic rings. The molecule has 4 rings (SSSR count). The van der Waals surface area contributed by atoms with Crippen LogP contribution < -0.4 is 0 Å². The summed E-state index contributed by atoms with van der Waals surface area (Å²) < 4.78 is 47.5. The van der Waals surface area contributed by atoms with Crippen LogP contribution >= 0.6 is 0 Å². The predicted molar refractivity (Wildman–Crippen MR) is 143 cm³/mol. The fourth-order valence-corrected chi connectivity index (χ4v) is 6.00. The van der Waals surface area contributed by atoms with Crippen molar-refractivity contribution in [3.63, 3.8) is 0 Å². The summed E-state index contributed by atoms with van der Waals surface area (Å²) in [5.74, 6) is -0.658. The molecular formula is C28H35FN4O4S. The zero-order valence-corrected chi connectivity index (χ0v) is 22.7. The number of hydrogen-bond donors (Lipinski definition) is 0. The van der Waals surface area contributed by atoms with Crippen LogP contribution in [0.15, 0.2) is 66.0 Å². The molecule has 1 aliphatic rings. The van der Waals surface area contributed by atoms with E-state index in [1.54, 1.807) is 27.8 Å². The SMILES string of the molecule is CC(C)Cn1c(CN(CCN2CCOCC2)C(=O)c2ccc(F)cc2)cnc1S(=O)(=O)Cc1ccccc1. The fraction of sp³-hybridized carbons (Fsp3) is 0.429. The maximum Gasteiger partial charge on any atom is 0.254 e. The highest BCUT2D eigenvalue weighted by molar-refractivity contribution is 7.90. The first-order valence-corrected chi connectivity index (χ1v) is 14.5. The Morgan fingerprint density at radius 2 is 1.76 bits per heavy atom. The second-order valence-electron chi connectivity index (χ2n) is 9.97. The molecule has 8 nitrogen and oxygen atoms in total. The van der Waals surface area contributed by atoms with Crippen molar-refractivity contribution in [3.8, 4) is 0 Å². The van der Waals surface area contributed by atoms with Gasteiger partial charge in [-0.25, -0.2) is 17.8 Å². The monoisotopic (exact) mass is 542 g/mol. The molecule has 10 heteroatoms. The number of sulfone groups is 1. The molecule has 0 radical (unpaired) electrons. The van der Waals surface area contributed by atoms with E-state index in [4.69, 9.17) is 4.74 Å². The lowest BCUT2D eigenvalue weighted by atomic mass is 10.2. The Morgan fingerprint density at radius 1 is 1.08 bits per heavy atom. The summed E-state index contributed by atoms with van der Waals surface area (Å²) in [6, 6.07) is 14.5. The van der Waals surface area contributed by atoms with Crippen LogP contribution in [0.25, 0.3) is 0 Å². The summed E-state index contributed by atoms with van der Waals surface area (Å²) in [7, 11) is -3.73. The van der Waals surface area contributed by atoms with Crippen LogP contribution in [0.5, 0.6) is 0 Å². The van der Waals surface area contributed by atoms with Gasteiger partial charge in [0.15, 0.2) is 0 Å². The van der Waals surface area contributed by atoms with E-state index in [1.807, 2.05) is 32.0 Å². The van der Waals surface area contributed by atoms with E-state index in [0.717, 1.165) is 13.1 Å². The average Bonchev–Trinajstić information content (AvgIpc) is 3.29. The number of halogens is 1. The molecule has 1 aromatic heterocycles. The minimum Gasteiger partial charge on any atom is -0.379 e. The summed E-state index contributed by atoms with van der Waals surface area (Å²) in [6.45, 7) is 8.59. The average molecular weight is 543 g/mol. The van der Waals surface area contributed by atoms with E-state index in [0.29, 0.717) is 49.7 Å². The van der Waals surface area contributed by atoms with Crippen molar-refractivity contribution < 1.29 is 22.3 Å². The first-order valence-electron chi connectivity index (χ1n) is 12.9. The van der Waals surface area contributed by atoms with Crippen LogP contribution in [-0.2, 0) is 33.4 Å². The fourth-order valence-electron chi connectivity index (χ4n) is 4.49. The molecule has 0 N–H and O–H groups in total. The van der Waals surface area contributed by atoms with Gasteiger partial charge in [0.1, 0.15) is 5.82 Å². The van der Waals surface area contributed by atoms with Gasteiger partial charge in [-0.3, -0.25) is 9.69 Å². The van der Waals surface area contributed by atoms with Crippen molar-refractivity contribution in [2.24, 2.45) is 5.92 Å². The Bertz CT molecular complexity index is 1300. The molecule has 2 aromatic carbocycles. The summed E-state index contributed by atoms with van der Waals surface area (Å²) in [6.07, 6.45) is 1.56. The smallest absolute Gasteiger partial charge is 0.254 e. The van der Waals surface area contributed by atoms with Gasteiger partial charge >= 0.3 is 0 Å². The quantitative estimate of drug-likeness (QED) is 0.368. The van der Waals surface area contributed by atoms with E-state index in [-0.39, 0.29) is 29.3 Å². The van der Waals surface area contributed by atoms with Crippen LogP contribution in [0.3, 0.4) is 0 Å². The molecule has 204 valence electrons. The second-order valence-corrected chi connectivity index (χ2v) is 11.9. The summed E-state index contributed by atoms with van der Waals surface area (Å²) >= 11 is 0. The molecule has 2 heterocycles. The number of rotatable bonds is 11. The minimum atomic E-state index is -3.73. The van der Waals surface area contributed by atoms with Crippen molar-refractivity contribution in [2.45, 2.75) is 37.8 Å². The molecule has 38 heavy (non-hydrogen) atoms. The highest BCUT2D eigenvalue weighted by Gasteiger charge is 2.27. The molecule has 1 amide bonds. The van der Waals surface area contributed by atoms with Crippen LogP contribution in [0.2, 0.25) is 0 Å². The molecule has 0 saturated carbocycles. The highest BCUT2D eigenvalue weighted by Crippen LogP contribution is 2.21. The standard InChI is InChI=1S/C28H35FN4O4S/c1-22(2)19-33-26(18-30-28(33)38(35,36)21-23-6-4-3-5-7-23)20-32(13-12-31-14-16-37-17-15-31)27(34)24-8-10-25(29)11-9-24/h3-11,18,22H,12-17,19-21H2,1-2H3. The molecule has 1 aliphatic heterocycles. The molecule has 0 unspecified atom stereocenters. The van der Waals surface area contributed by atoms with Crippen LogP contribution in [0.1, 0.15) is 35.5 Å². The van der Waals surface area contributed by atoms with Gasteiger partial charge in [-0.2, -0.15) is 0 Å². The highest BCUT2D eigenvalue weighted by atomic mass is 32.2. The van der Waals surface area contributed by atoms with Crippen molar-refractivity contribution in [2.75, 3.05) is 39.4 Å². The molecule has 0 atom stereocenters. The van der Waals surface area contributed by atoms with Gasteiger partial charge in [0.05, 0.1) is 37.4 Å². The number of carbonyl (C=O) groups excluding carboxylic acids is 1. The zero-order chi connectivity index (χ0) is 27.1. The third-order valence-electron chi connectivity index (χ3n) is 6.45. The van der Waals surface area contributed by atoms with Gasteiger partial charge in [0.25, 0.3) is 5.91 Å². The van der Waals surface area contributed by atoms with Gasteiger partial charge in [-0.1, -0.05) is 44.2 Å². The van der Waals surface area contributed by atoms with Gasteiger partial charge in [-0.05, 0) is 35.7 Å². The van der Waals surface area contributed by atoms with Crippen molar-refractivity contribution in [3.05, 3.63) is 83.4 Å². The van der Waals surface area contributed by atoms with E-state index < -0.39 is 15.7 Å². The molecule has 1 fully saturated rings. The molecule has 0 spiro atoms. The van der Waals surface area contributed by atoms with Crippen molar-refractivity contribution in [1.29, 1.82) is 0 Å². The number of ether oxygens (including phenoxy) is 1. The Hall–Kier alpha value is -3.08. The summed E-state index contributed by atoms with van der Waals surface area (Å²) in [5.41, 5.74) is 1.70. The van der Waals surface area contributed by atoms with Crippen LogP contribution in [0.4, 0.5) is 4.39 Å². The first-order chi connectivity index (χ1) is 18.2. The summed E-state index contributed by atoms with van der Waals surface area (Å²) in [5, 5.41) is 0.00686. The maximum absolute atomic E-state index is 13.5. The second kappa shape index (κ2) is 12.6. The normalized spacial score (nSPS) is 14.6. The summed E-state index contributed by atoms with van der Waals surface area (Å²) in [4.78, 5) is 21.8. The van der Waals surface area contributed by atoms with Crippen molar-refractivity contribution >= 4 is 15.7 Å². The van der Waals surface area contributed by atoms with Gasteiger partial charge in [0, 0.05) is 38.3 Å². The topological polar surface area (TPSA) is 84.7 Å². The Morgan fingerprint density at radius 3 is 2.42 bits per heavy atom. The van der Waals surface area contributed by atoms with Crippen LogP contribution in [0, 0.1) is 11.7 Å². The van der Waals surface area contributed by atoms with Gasteiger partial charge in [0.2, 0.25) is 15.0 Å². The number of amides is 1. The number of benzene rings is 2. The van der Waals surface area contributed by atoms with Gasteiger partial charge < -0.3 is 14.2 Å². The Balaban J connectivity index is 1.62. The number of carbonyl (C=O) groups is 1. The van der Waals surface area contributed by atoms with Crippen molar-refractivity contribution in [1.82, 2.24) is 19.4 Å². The zero-order valence-electron chi connectivity index (χ0n) is 21.9. The largest absolute Gasteiger partial charge is 0.379 e. The number of hydrogen-bond acceptors (Lipinski definition) is 6. The van der Waals surface area contributed by atoms with E-state index >= 15 is 0 Å². The Labute approximate surface area is 224 Å². The van der Waals surface area contributed by atoms with E-state index in [1.165, 1.54) is 24.3 Å². The van der Waals surface area contributed by atoms with E-state index in [9.17, 15) is 17.6 Å². The lowest BCUT2D eigenvalue weighted by molar-refractivity contribution is 0.0319. The maximum atomic E-state index is 13.5. The number of nitrogens with zero attached hydrogens (tertiary/aromatic N) is 4. The first kappa shape index (κ1) is 27.9. The van der Waals surface area contributed by atoms with Gasteiger partial charge in [-0.15, -0.1) is 0 Å². The van der Waals surface area contributed by atoms with Crippen LogP contribution in [-0.4, -0.2) is 73.1 Å². The van der Waals surface area contributed by atoms with E-state index in [2.05, 4.69) is 9.88 Å². The lowest BCUT2D eigenvalue weighted by Crippen LogP contribution is -2.43. The number of imidazole rings is 1. The molecule has 1 saturated heterocycles. The molecule has 0 aliphatic carbocycles. The molecular weight excluding hydrogens is 507 g/mol. The minimum absolute atomic E-state index is 0.00686.